The molecule has 0 fully saturated rings. The fourth-order valence-electron chi connectivity index (χ4n) is 1.43. The summed E-state index contributed by atoms with van der Waals surface area (Å²) in [7, 11) is 1.46. The maximum Gasteiger partial charge on any atom is 0.274 e. The van der Waals surface area contributed by atoms with E-state index in [1.165, 1.54) is 19.4 Å². The molecule has 0 unspecified atom stereocenters. The summed E-state index contributed by atoms with van der Waals surface area (Å²) in [6.45, 7) is 1.55. The number of aryl methyl sites for hydroxylation is 1. The molecule has 9 heteroatoms. The van der Waals surface area contributed by atoms with Gasteiger partial charge in [0.15, 0.2) is 11.5 Å². The third-order valence-electron chi connectivity index (χ3n) is 2.53. The van der Waals surface area contributed by atoms with Crippen molar-refractivity contribution in [2.24, 2.45) is 5.10 Å². The number of hydrogen-bond acceptors (Lipinski definition) is 7. The highest BCUT2D eigenvalue weighted by molar-refractivity contribution is 9.10. The molecule has 110 valence electrons. The molecule has 0 saturated carbocycles. The van der Waals surface area contributed by atoms with Gasteiger partial charge < -0.3 is 9.84 Å². The second-order valence-corrected chi connectivity index (χ2v) is 4.86. The molecule has 1 aromatic carbocycles. The number of ether oxygens (including phenoxy) is 1. The summed E-state index contributed by atoms with van der Waals surface area (Å²) in [5.41, 5.74) is 3.09. The van der Waals surface area contributed by atoms with Crippen LogP contribution < -0.4 is 15.7 Å². The molecule has 0 amide bonds. The Hall–Kier alpha value is -2.42. The number of hydrazone groups is 1. The predicted molar refractivity (Wildman–Crippen MR) is 81.0 cm³/mol. The topological polar surface area (TPSA) is 112 Å². The maximum absolute atomic E-state index is 11.3. The lowest BCUT2D eigenvalue weighted by molar-refractivity contribution is 0.373. The second-order valence-electron chi connectivity index (χ2n) is 4.00. The number of aromatic amines is 1. The molecule has 2 rings (SSSR count). The molecule has 0 bridgehead atoms. The van der Waals surface area contributed by atoms with Crippen molar-refractivity contribution < 1.29 is 9.84 Å². The first-order valence-corrected chi connectivity index (χ1v) is 6.59. The number of methoxy groups -OCH3 is 1. The van der Waals surface area contributed by atoms with E-state index in [1.807, 2.05) is 0 Å². The van der Waals surface area contributed by atoms with Crippen molar-refractivity contribution in [2.45, 2.75) is 6.92 Å². The van der Waals surface area contributed by atoms with Crippen LogP contribution in [0.3, 0.4) is 0 Å². The molecule has 0 radical (unpaired) electrons. The first kappa shape index (κ1) is 15.0. The number of halogens is 1. The average Bonchev–Trinajstić information content (AvgIpc) is 2.46. The molecule has 0 spiro atoms. The van der Waals surface area contributed by atoms with E-state index < -0.39 is 0 Å². The van der Waals surface area contributed by atoms with Crippen molar-refractivity contribution in [2.75, 3.05) is 12.5 Å². The minimum atomic E-state index is -0.342. The first-order chi connectivity index (χ1) is 10.0. The van der Waals surface area contributed by atoms with Crippen LogP contribution in [-0.2, 0) is 0 Å². The van der Waals surface area contributed by atoms with E-state index in [9.17, 15) is 9.90 Å². The fourth-order valence-corrected chi connectivity index (χ4v) is 1.85. The number of aromatic hydroxyl groups is 1. The van der Waals surface area contributed by atoms with Crippen LogP contribution in [0.4, 0.5) is 5.95 Å². The van der Waals surface area contributed by atoms with Crippen LogP contribution in [0, 0.1) is 6.92 Å². The molecule has 0 saturated heterocycles. The van der Waals surface area contributed by atoms with Gasteiger partial charge in [-0.15, -0.1) is 10.2 Å². The number of nitrogens with zero attached hydrogens (tertiary/aromatic N) is 3. The molecule has 1 heterocycles. The standard InChI is InChI=1S/C12H12BrN5O3/c1-6-11(20)15-12(18-16-6)17-14-5-7-3-9(19)10(21-2)4-8(7)13/h3-5,19H,1-2H3,(H2,15,17,18,20)/b14-5-. The van der Waals surface area contributed by atoms with Crippen molar-refractivity contribution in [3.8, 4) is 11.5 Å². The highest BCUT2D eigenvalue weighted by Crippen LogP contribution is 2.31. The van der Waals surface area contributed by atoms with Crippen molar-refractivity contribution in [3.05, 3.63) is 38.2 Å². The van der Waals surface area contributed by atoms with Crippen LogP contribution in [0.5, 0.6) is 11.5 Å². The van der Waals surface area contributed by atoms with E-state index in [1.54, 1.807) is 13.0 Å². The Kier molecular flexibility index (Phi) is 4.53. The van der Waals surface area contributed by atoms with Gasteiger partial charge in [-0.05, 0) is 35.0 Å². The smallest absolute Gasteiger partial charge is 0.274 e. The number of phenolic OH excluding ortho intramolecular Hbond substituents is 1. The van der Waals surface area contributed by atoms with Crippen molar-refractivity contribution in [1.29, 1.82) is 0 Å². The van der Waals surface area contributed by atoms with Crippen LogP contribution in [0.2, 0.25) is 0 Å². The minimum Gasteiger partial charge on any atom is -0.504 e. The van der Waals surface area contributed by atoms with Gasteiger partial charge >= 0.3 is 0 Å². The molecule has 1 aromatic heterocycles. The number of rotatable bonds is 4. The number of aromatic nitrogens is 3. The van der Waals surface area contributed by atoms with Gasteiger partial charge in [-0.1, -0.05) is 0 Å². The Morgan fingerprint density at radius 2 is 2.24 bits per heavy atom. The van der Waals surface area contributed by atoms with Gasteiger partial charge in [-0.2, -0.15) is 5.10 Å². The SMILES string of the molecule is COc1cc(Br)c(/C=N\Nc2nnc(C)c(=O)[nH]2)cc1O. The van der Waals surface area contributed by atoms with E-state index in [2.05, 4.69) is 41.6 Å². The number of phenols is 1. The molecular weight excluding hydrogens is 342 g/mol. The zero-order valence-corrected chi connectivity index (χ0v) is 12.8. The molecule has 0 aliphatic carbocycles. The number of H-pyrrole nitrogens is 1. The monoisotopic (exact) mass is 353 g/mol. The zero-order valence-electron chi connectivity index (χ0n) is 11.2. The summed E-state index contributed by atoms with van der Waals surface area (Å²) < 4.78 is 5.67. The number of nitrogens with one attached hydrogen (secondary N) is 2. The predicted octanol–water partition coefficient (Wildman–Crippen LogP) is 1.40. The van der Waals surface area contributed by atoms with Gasteiger partial charge in [0.2, 0.25) is 5.95 Å². The van der Waals surface area contributed by atoms with Gasteiger partial charge in [0, 0.05) is 10.0 Å². The number of hydrogen-bond donors (Lipinski definition) is 3. The summed E-state index contributed by atoms with van der Waals surface area (Å²) in [5, 5.41) is 21.0. The molecule has 2 aromatic rings. The first-order valence-electron chi connectivity index (χ1n) is 5.80. The van der Waals surface area contributed by atoms with E-state index in [0.29, 0.717) is 15.8 Å². The second kappa shape index (κ2) is 6.35. The van der Waals surface area contributed by atoms with E-state index in [0.717, 1.165) is 0 Å². The summed E-state index contributed by atoms with van der Waals surface area (Å²) in [5.74, 6) is 0.460. The minimum absolute atomic E-state index is 0.00863. The van der Waals surface area contributed by atoms with E-state index in [4.69, 9.17) is 4.74 Å². The highest BCUT2D eigenvalue weighted by atomic mass is 79.9. The van der Waals surface area contributed by atoms with Crippen LogP contribution in [0.1, 0.15) is 11.3 Å². The Morgan fingerprint density at radius 3 is 2.90 bits per heavy atom. The molecular formula is C12H12BrN5O3. The Labute approximate surface area is 128 Å². The molecule has 3 N–H and O–H groups in total. The quantitative estimate of drug-likeness (QED) is 0.565. The molecule has 8 nitrogen and oxygen atoms in total. The van der Waals surface area contributed by atoms with Crippen molar-refractivity contribution in [3.63, 3.8) is 0 Å². The Balaban J connectivity index is 2.16. The summed E-state index contributed by atoms with van der Waals surface area (Å²) in [4.78, 5) is 13.8. The molecule has 0 aliphatic rings. The van der Waals surface area contributed by atoms with Crippen LogP contribution in [0.15, 0.2) is 26.5 Å². The molecule has 0 atom stereocenters. The fraction of sp³-hybridized carbons (Fsp3) is 0.167. The highest BCUT2D eigenvalue weighted by Gasteiger charge is 2.06. The number of anilines is 1. The van der Waals surface area contributed by atoms with E-state index in [-0.39, 0.29) is 23.0 Å². The lowest BCUT2D eigenvalue weighted by Crippen LogP contribution is -2.15. The lowest BCUT2D eigenvalue weighted by Gasteiger charge is -2.06. The van der Waals surface area contributed by atoms with Crippen molar-refractivity contribution in [1.82, 2.24) is 15.2 Å². The summed E-state index contributed by atoms with van der Waals surface area (Å²) >= 11 is 3.33. The van der Waals surface area contributed by atoms with Crippen LogP contribution >= 0.6 is 15.9 Å². The third-order valence-corrected chi connectivity index (χ3v) is 3.22. The van der Waals surface area contributed by atoms with Gasteiger partial charge in [-0.3, -0.25) is 9.78 Å². The Bertz CT molecular complexity index is 744. The van der Waals surface area contributed by atoms with Crippen molar-refractivity contribution >= 4 is 28.1 Å². The maximum atomic E-state index is 11.3. The number of benzene rings is 1. The van der Waals surface area contributed by atoms with Gasteiger partial charge in [0.25, 0.3) is 5.56 Å². The summed E-state index contributed by atoms with van der Waals surface area (Å²) in [6.07, 6.45) is 1.45. The van der Waals surface area contributed by atoms with Crippen LogP contribution in [0.25, 0.3) is 0 Å². The zero-order chi connectivity index (χ0) is 15.4. The van der Waals surface area contributed by atoms with Gasteiger partial charge in [0.05, 0.1) is 13.3 Å². The van der Waals surface area contributed by atoms with E-state index >= 15 is 0 Å². The average molecular weight is 354 g/mol. The normalized spacial score (nSPS) is 10.8. The van der Waals surface area contributed by atoms with Gasteiger partial charge in [-0.25, -0.2) is 5.43 Å². The molecule has 21 heavy (non-hydrogen) atoms. The third kappa shape index (κ3) is 3.57. The van der Waals surface area contributed by atoms with Crippen LogP contribution in [-0.4, -0.2) is 33.6 Å². The summed E-state index contributed by atoms with van der Waals surface area (Å²) in [6, 6.07) is 3.10. The van der Waals surface area contributed by atoms with Gasteiger partial charge in [0.1, 0.15) is 5.69 Å². The largest absolute Gasteiger partial charge is 0.504 e. The molecule has 0 aliphatic heterocycles. The lowest BCUT2D eigenvalue weighted by atomic mass is 10.2. The Morgan fingerprint density at radius 1 is 1.48 bits per heavy atom.